The Bertz CT molecular complexity index is 1460. The molecule has 0 N–H and O–H groups in total. The minimum absolute atomic E-state index is 0.0621. The number of fused-ring (bicyclic) bond motifs is 6. The van der Waals surface area contributed by atoms with Crippen molar-refractivity contribution >= 4 is 28.4 Å². The van der Waals surface area contributed by atoms with Gasteiger partial charge in [0.1, 0.15) is 0 Å². The van der Waals surface area contributed by atoms with Crippen molar-refractivity contribution in [3.63, 3.8) is 0 Å². The number of hydrogen-bond acceptors (Lipinski definition) is 4. The molecular weight excluding hydrogens is 422 g/mol. The molecule has 2 heterocycles. The number of nitrogens with zero attached hydrogens (tertiary/aromatic N) is 3. The number of aromatic nitrogens is 2. The van der Waals surface area contributed by atoms with E-state index in [9.17, 15) is 9.59 Å². The van der Waals surface area contributed by atoms with Gasteiger partial charge in [-0.3, -0.25) is 14.5 Å². The first-order valence-corrected chi connectivity index (χ1v) is 11.7. The molecule has 4 aromatic rings. The molecule has 34 heavy (non-hydrogen) atoms. The van der Waals surface area contributed by atoms with Gasteiger partial charge in [0.25, 0.3) is 0 Å². The van der Waals surface area contributed by atoms with E-state index in [0.29, 0.717) is 11.5 Å². The van der Waals surface area contributed by atoms with Crippen molar-refractivity contribution in [3.8, 4) is 22.6 Å². The number of anilines is 1. The summed E-state index contributed by atoms with van der Waals surface area (Å²) in [5.41, 5.74) is 4.24. The van der Waals surface area contributed by atoms with Crippen molar-refractivity contribution in [3.05, 3.63) is 91.0 Å². The van der Waals surface area contributed by atoms with Crippen LogP contribution in [0.5, 0.6) is 0 Å². The van der Waals surface area contributed by atoms with E-state index >= 15 is 0 Å². The highest BCUT2D eigenvalue weighted by atomic mass is 16.2. The second-order valence-corrected chi connectivity index (χ2v) is 9.34. The number of allylic oxidation sites excluding steroid dienone is 2. The summed E-state index contributed by atoms with van der Waals surface area (Å²) in [5.74, 6) is 0.512. The van der Waals surface area contributed by atoms with E-state index in [1.165, 1.54) is 4.90 Å². The third kappa shape index (κ3) is 2.73. The van der Waals surface area contributed by atoms with E-state index in [2.05, 4.69) is 12.2 Å². The fourth-order valence-electron chi connectivity index (χ4n) is 5.94. The van der Waals surface area contributed by atoms with Crippen LogP contribution < -0.4 is 4.90 Å². The molecule has 7 rings (SSSR count). The van der Waals surface area contributed by atoms with Crippen LogP contribution in [0.1, 0.15) is 6.42 Å². The van der Waals surface area contributed by atoms with Crippen LogP contribution in [0, 0.1) is 23.7 Å². The van der Waals surface area contributed by atoms with Crippen LogP contribution in [-0.4, -0.2) is 21.8 Å². The summed E-state index contributed by atoms with van der Waals surface area (Å²) in [6.07, 6.45) is 5.17. The fourth-order valence-corrected chi connectivity index (χ4v) is 5.94. The highest BCUT2D eigenvalue weighted by molar-refractivity contribution is 6.22. The van der Waals surface area contributed by atoms with Crippen LogP contribution >= 0.6 is 0 Å². The zero-order valence-corrected chi connectivity index (χ0v) is 18.3. The second kappa shape index (κ2) is 7.19. The zero-order chi connectivity index (χ0) is 22.8. The average Bonchev–Trinajstić information content (AvgIpc) is 3.57. The quantitative estimate of drug-likeness (QED) is 0.319. The van der Waals surface area contributed by atoms with Crippen molar-refractivity contribution in [1.29, 1.82) is 0 Å². The van der Waals surface area contributed by atoms with Crippen LogP contribution in [0.25, 0.3) is 33.5 Å². The van der Waals surface area contributed by atoms with Crippen LogP contribution in [-0.2, 0) is 9.59 Å². The van der Waals surface area contributed by atoms with Gasteiger partial charge in [0.05, 0.1) is 28.7 Å². The third-order valence-electron chi connectivity index (χ3n) is 7.50. The standard InChI is InChI=1S/C29H21N3O2/c33-28-24-19-10-11-20(16-19)25(24)29(34)32(28)21-14-12-18(13-15-21)27-30-23-9-5-4-8-22(23)26(31-27)17-6-2-1-3-7-17/h1-15,19-20,24-25H,16H2/t19-,20-,24-,25-/m0/s1. The van der Waals surface area contributed by atoms with Gasteiger partial charge >= 0.3 is 0 Å². The van der Waals surface area contributed by atoms with Gasteiger partial charge in [-0.1, -0.05) is 60.7 Å². The van der Waals surface area contributed by atoms with E-state index in [1.807, 2.05) is 78.9 Å². The minimum Gasteiger partial charge on any atom is -0.274 e. The molecule has 4 atom stereocenters. The molecule has 2 bridgehead atoms. The van der Waals surface area contributed by atoms with Crippen molar-refractivity contribution in [2.24, 2.45) is 23.7 Å². The maximum Gasteiger partial charge on any atom is 0.238 e. The maximum absolute atomic E-state index is 13.1. The minimum atomic E-state index is -0.195. The Morgan fingerprint density at radius 2 is 1.32 bits per heavy atom. The van der Waals surface area contributed by atoms with Crippen LogP contribution in [0.4, 0.5) is 5.69 Å². The summed E-state index contributed by atoms with van der Waals surface area (Å²) in [4.78, 5) is 37.4. The van der Waals surface area contributed by atoms with E-state index in [4.69, 9.17) is 9.97 Å². The van der Waals surface area contributed by atoms with Gasteiger partial charge < -0.3 is 0 Å². The van der Waals surface area contributed by atoms with Crippen LogP contribution in [0.3, 0.4) is 0 Å². The molecule has 1 saturated heterocycles. The highest BCUT2D eigenvalue weighted by Crippen LogP contribution is 2.53. The molecule has 3 aliphatic rings. The zero-order valence-electron chi connectivity index (χ0n) is 18.3. The number of benzene rings is 3. The van der Waals surface area contributed by atoms with E-state index in [1.54, 1.807) is 0 Å². The van der Waals surface area contributed by atoms with Crippen molar-refractivity contribution < 1.29 is 9.59 Å². The largest absolute Gasteiger partial charge is 0.274 e. The molecule has 5 nitrogen and oxygen atoms in total. The molecule has 3 aromatic carbocycles. The number of hydrogen-bond donors (Lipinski definition) is 0. The first-order valence-electron chi connectivity index (χ1n) is 11.7. The topological polar surface area (TPSA) is 63.2 Å². The Kier molecular flexibility index (Phi) is 4.09. The Morgan fingerprint density at radius 1 is 0.676 bits per heavy atom. The van der Waals surface area contributed by atoms with Crippen molar-refractivity contribution in [2.45, 2.75) is 6.42 Å². The summed E-state index contributed by atoms with van der Waals surface area (Å²) >= 11 is 0. The number of carbonyl (C=O) groups is 2. The van der Waals surface area contributed by atoms with Gasteiger partial charge in [0.15, 0.2) is 5.82 Å². The predicted octanol–water partition coefficient (Wildman–Crippen LogP) is 5.28. The van der Waals surface area contributed by atoms with Gasteiger partial charge in [0.2, 0.25) is 11.8 Å². The maximum atomic E-state index is 13.1. The fraction of sp³-hybridized carbons (Fsp3) is 0.172. The molecule has 164 valence electrons. The molecule has 1 aliphatic heterocycles. The Morgan fingerprint density at radius 3 is 2.03 bits per heavy atom. The van der Waals surface area contributed by atoms with Crippen molar-refractivity contribution in [1.82, 2.24) is 9.97 Å². The first-order chi connectivity index (χ1) is 16.7. The Hall–Kier alpha value is -4.12. The van der Waals surface area contributed by atoms with E-state index in [0.717, 1.165) is 34.1 Å². The Balaban J connectivity index is 1.27. The van der Waals surface area contributed by atoms with Crippen molar-refractivity contribution in [2.75, 3.05) is 4.90 Å². The van der Waals surface area contributed by atoms with E-state index in [-0.39, 0.29) is 35.5 Å². The van der Waals surface area contributed by atoms with E-state index < -0.39 is 0 Å². The molecule has 0 radical (unpaired) electrons. The second-order valence-electron chi connectivity index (χ2n) is 9.34. The summed E-state index contributed by atoms with van der Waals surface area (Å²) in [6.45, 7) is 0. The lowest BCUT2D eigenvalue weighted by Gasteiger charge is -2.17. The molecular formula is C29H21N3O2. The molecule has 2 aliphatic carbocycles. The van der Waals surface area contributed by atoms with Gasteiger partial charge in [0, 0.05) is 16.5 Å². The van der Waals surface area contributed by atoms with Gasteiger partial charge in [-0.25, -0.2) is 9.97 Å². The lowest BCUT2D eigenvalue weighted by atomic mass is 9.85. The molecule has 2 fully saturated rings. The molecule has 1 saturated carbocycles. The smallest absolute Gasteiger partial charge is 0.238 e. The molecule has 5 heteroatoms. The van der Waals surface area contributed by atoms with Gasteiger partial charge in [-0.05, 0) is 48.6 Å². The normalized spacial score (nSPS) is 24.9. The number of carbonyl (C=O) groups excluding carboxylic acids is 2. The molecule has 0 unspecified atom stereocenters. The highest BCUT2D eigenvalue weighted by Gasteiger charge is 2.59. The first kappa shape index (κ1) is 19.4. The lowest BCUT2D eigenvalue weighted by molar-refractivity contribution is -0.123. The monoisotopic (exact) mass is 443 g/mol. The van der Waals surface area contributed by atoms with Gasteiger partial charge in [-0.15, -0.1) is 0 Å². The van der Waals surface area contributed by atoms with Crippen LogP contribution in [0.2, 0.25) is 0 Å². The number of rotatable bonds is 3. The summed E-state index contributed by atoms with van der Waals surface area (Å²) in [5, 5.41) is 0.997. The lowest BCUT2D eigenvalue weighted by Crippen LogP contribution is -2.32. The number of para-hydroxylation sites is 1. The molecule has 1 aromatic heterocycles. The third-order valence-corrected chi connectivity index (χ3v) is 7.50. The molecule has 0 spiro atoms. The molecule has 2 amide bonds. The summed E-state index contributed by atoms with van der Waals surface area (Å²) in [7, 11) is 0. The Labute approximate surface area is 196 Å². The van der Waals surface area contributed by atoms with Gasteiger partial charge in [-0.2, -0.15) is 0 Å². The summed E-state index contributed by atoms with van der Waals surface area (Å²) < 4.78 is 0. The predicted molar refractivity (Wildman–Crippen MR) is 131 cm³/mol. The number of amides is 2. The summed E-state index contributed by atoms with van der Waals surface area (Å²) in [6, 6.07) is 25.5. The average molecular weight is 444 g/mol. The number of imide groups is 1. The SMILES string of the molecule is O=C1[C@@H]2[C@@H](C(=O)N1c1ccc(-c3nc(-c4ccccc4)c4ccccc4n3)cc1)[C@H]1C=C[C@H]2C1. The van der Waals surface area contributed by atoms with Crippen LogP contribution in [0.15, 0.2) is 91.0 Å².